The van der Waals surface area contributed by atoms with Crippen LogP contribution in [0.2, 0.25) is 0 Å². The smallest absolute Gasteiger partial charge is 0.0881 e. The molecular weight excluding hydrogens is 234 g/mol. The van der Waals surface area contributed by atoms with Gasteiger partial charge in [0.2, 0.25) is 0 Å². The SMILES string of the molecule is CCCc1ccc(C(NN)c2cc(C)ccn2)cc1. The number of aryl methyl sites for hydroxylation is 2. The predicted octanol–water partition coefficient (Wildman–Crippen LogP) is 2.90. The molecule has 3 heteroatoms. The van der Waals surface area contributed by atoms with E-state index in [9.17, 15) is 0 Å². The van der Waals surface area contributed by atoms with Crippen molar-refractivity contribution in [3.05, 3.63) is 65.0 Å². The van der Waals surface area contributed by atoms with Crippen LogP contribution in [0.25, 0.3) is 0 Å². The Balaban J connectivity index is 2.26. The van der Waals surface area contributed by atoms with E-state index in [1.54, 1.807) is 0 Å². The summed E-state index contributed by atoms with van der Waals surface area (Å²) in [5.74, 6) is 5.69. The van der Waals surface area contributed by atoms with E-state index in [4.69, 9.17) is 5.84 Å². The molecule has 3 N–H and O–H groups in total. The maximum atomic E-state index is 5.69. The van der Waals surface area contributed by atoms with Crippen LogP contribution < -0.4 is 11.3 Å². The number of hydrogen-bond donors (Lipinski definition) is 2. The van der Waals surface area contributed by atoms with Crippen LogP contribution in [0.5, 0.6) is 0 Å². The van der Waals surface area contributed by atoms with Crippen LogP contribution in [0, 0.1) is 6.92 Å². The van der Waals surface area contributed by atoms with E-state index in [0.717, 1.165) is 24.1 Å². The van der Waals surface area contributed by atoms with Crippen molar-refractivity contribution in [1.29, 1.82) is 0 Å². The minimum Gasteiger partial charge on any atom is -0.271 e. The average molecular weight is 255 g/mol. The van der Waals surface area contributed by atoms with Gasteiger partial charge in [0.25, 0.3) is 0 Å². The molecule has 100 valence electrons. The quantitative estimate of drug-likeness (QED) is 0.638. The molecule has 3 nitrogen and oxygen atoms in total. The number of hydrazine groups is 1. The monoisotopic (exact) mass is 255 g/mol. The molecule has 1 aromatic heterocycles. The summed E-state index contributed by atoms with van der Waals surface area (Å²) in [6, 6.07) is 12.6. The summed E-state index contributed by atoms with van der Waals surface area (Å²) >= 11 is 0. The first-order valence-electron chi connectivity index (χ1n) is 6.72. The Bertz CT molecular complexity index is 520. The maximum Gasteiger partial charge on any atom is 0.0881 e. The molecule has 1 atom stereocenters. The van der Waals surface area contributed by atoms with Gasteiger partial charge in [-0.25, -0.2) is 5.43 Å². The molecule has 0 radical (unpaired) electrons. The van der Waals surface area contributed by atoms with Gasteiger partial charge in [0.05, 0.1) is 11.7 Å². The lowest BCUT2D eigenvalue weighted by atomic mass is 10.00. The highest BCUT2D eigenvalue weighted by atomic mass is 15.2. The van der Waals surface area contributed by atoms with Gasteiger partial charge in [0.1, 0.15) is 0 Å². The van der Waals surface area contributed by atoms with E-state index < -0.39 is 0 Å². The van der Waals surface area contributed by atoms with Crippen molar-refractivity contribution in [2.45, 2.75) is 32.7 Å². The number of nitrogens with two attached hydrogens (primary N) is 1. The van der Waals surface area contributed by atoms with Crippen molar-refractivity contribution in [3.8, 4) is 0 Å². The Labute approximate surface area is 114 Å². The lowest BCUT2D eigenvalue weighted by molar-refractivity contribution is 0.620. The first-order chi connectivity index (χ1) is 9.24. The summed E-state index contributed by atoms with van der Waals surface area (Å²) in [5.41, 5.74) is 7.49. The third-order valence-electron chi connectivity index (χ3n) is 3.25. The Morgan fingerprint density at radius 3 is 2.53 bits per heavy atom. The number of hydrogen-bond acceptors (Lipinski definition) is 3. The molecule has 0 aliphatic heterocycles. The van der Waals surface area contributed by atoms with Gasteiger partial charge < -0.3 is 0 Å². The minimum atomic E-state index is -0.0597. The van der Waals surface area contributed by atoms with Crippen LogP contribution in [0.3, 0.4) is 0 Å². The van der Waals surface area contributed by atoms with E-state index >= 15 is 0 Å². The van der Waals surface area contributed by atoms with Crippen LogP contribution in [0.15, 0.2) is 42.6 Å². The fraction of sp³-hybridized carbons (Fsp3) is 0.312. The second-order valence-corrected chi connectivity index (χ2v) is 4.85. The van der Waals surface area contributed by atoms with Crippen molar-refractivity contribution < 1.29 is 0 Å². The summed E-state index contributed by atoms with van der Waals surface area (Å²) in [6.45, 7) is 4.25. The van der Waals surface area contributed by atoms with E-state index in [0.29, 0.717) is 0 Å². The molecular formula is C16H21N3. The fourth-order valence-corrected chi connectivity index (χ4v) is 2.24. The van der Waals surface area contributed by atoms with Crippen molar-refractivity contribution in [1.82, 2.24) is 10.4 Å². The molecule has 0 saturated heterocycles. The van der Waals surface area contributed by atoms with Crippen LogP contribution in [-0.4, -0.2) is 4.98 Å². The standard InChI is InChI=1S/C16H21N3/c1-3-4-13-5-7-14(8-6-13)16(19-17)15-11-12(2)9-10-18-15/h5-11,16,19H,3-4,17H2,1-2H3. The Hall–Kier alpha value is -1.71. The normalized spacial score (nSPS) is 12.4. The van der Waals surface area contributed by atoms with E-state index in [1.165, 1.54) is 11.1 Å². The molecule has 0 aliphatic rings. The van der Waals surface area contributed by atoms with Crippen molar-refractivity contribution >= 4 is 0 Å². The molecule has 1 heterocycles. The predicted molar refractivity (Wildman–Crippen MR) is 78.6 cm³/mol. The summed E-state index contributed by atoms with van der Waals surface area (Å²) < 4.78 is 0. The third-order valence-corrected chi connectivity index (χ3v) is 3.25. The number of rotatable bonds is 5. The van der Waals surface area contributed by atoms with Gasteiger partial charge in [-0.15, -0.1) is 0 Å². The molecule has 0 spiro atoms. The van der Waals surface area contributed by atoms with Gasteiger partial charge in [-0.1, -0.05) is 37.6 Å². The minimum absolute atomic E-state index is 0.0597. The lowest BCUT2D eigenvalue weighted by Gasteiger charge is -2.16. The van der Waals surface area contributed by atoms with E-state index in [2.05, 4.69) is 54.6 Å². The summed E-state index contributed by atoms with van der Waals surface area (Å²) in [5, 5.41) is 0. The highest BCUT2D eigenvalue weighted by Crippen LogP contribution is 2.21. The van der Waals surface area contributed by atoms with Crippen molar-refractivity contribution in [2.24, 2.45) is 5.84 Å². The highest BCUT2D eigenvalue weighted by molar-refractivity contribution is 5.31. The number of nitrogens with zero attached hydrogens (tertiary/aromatic N) is 1. The molecule has 0 saturated carbocycles. The summed E-state index contributed by atoms with van der Waals surface area (Å²) in [7, 11) is 0. The first kappa shape index (κ1) is 13.7. The topological polar surface area (TPSA) is 50.9 Å². The van der Waals surface area contributed by atoms with Gasteiger partial charge in [-0.05, 0) is 42.2 Å². The molecule has 0 amide bonds. The second-order valence-electron chi connectivity index (χ2n) is 4.85. The lowest BCUT2D eigenvalue weighted by Crippen LogP contribution is -2.29. The van der Waals surface area contributed by atoms with Crippen molar-refractivity contribution in [2.75, 3.05) is 0 Å². The van der Waals surface area contributed by atoms with Gasteiger partial charge in [-0.2, -0.15) is 0 Å². The average Bonchev–Trinajstić information content (AvgIpc) is 2.42. The Morgan fingerprint density at radius 2 is 1.95 bits per heavy atom. The molecule has 1 unspecified atom stereocenters. The third kappa shape index (κ3) is 3.40. The highest BCUT2D eigenvalue weighted by Gasteiger charge is 2.13. The van der Waals surface area contributed by atoms with Crippen LogP contribution in [0.4, 0.5) is 0 Å². The first-order valence-corrected chi connectivity index (χ1v) is 6.72. The zero-order valence-corrected chi connectivity index (χ0v) is 11.6. The molecule has 2 rings (SSSR count). The largest absolute Gasteiger partial charge is 0.271 e. The van der Waals surface area contributed by atoms with Crippen molar-refractivity contribution in [3.63, 3.8) is 0 Å². The molecule has 19 heavy (non-hydrogen) atoms. The number of benzene rings is 1. The Morgan fingerprint density at radius 1 is 1.21 bits per heavy atom. The van der Waals surface area contributed by atoms with Crippen LogP contribution >= 0.6 is 0 Å². The van der Waals surface area contributed by atoms with Crippen LogP contribution in [-0.2, 0) is 6.42 Å². The number of pyridine rings is 1. The number of nitrogens with one attached hydrogen (secondary N) is 1. The molecule has 0 fully saturated rings. The number of aromatic nitrogens is 1. The van der Waals surface area contributed by atoms with Crippen LogP contribution in [0.1, 0.15) is 41.8 Å². The molecule has 0 bridgehead atoms. The van der Waals surface area contributed by atoms with Gasteiger partial charge >= 0.3 is 0 Å². The maximum absolute atomic E-state index is 5.69. The van der Waals surface area contributed by atoms with Gasteiger partial charge in [-0.3, -0.25) is 10.8 Å². The van der Waals surface area contributed by atoms with E-state index in [-0.39, 0.29) is 6.04 Å². The summed E-state index contributed by atoms with van der Waals surface area (Å²) in [4.78, 5) is 4.40. The zero-order chi connectivity index (χ0) is 13.7. The van der Waals surface area contributed by atoms with Gasteiger partial charge in [0.15, 0.2) is 0 Å². The second kappa shape index (κ2) is 6.45. The molecule has 2 aromatic rings. The summed E-state index contributed by atoms with van der Waals surface area (Å²) in [6.07, 6.45) is 4.10. The van der Waals surface area contributed by atoms with Gasteiger partial charge in [0, 0.05) is 6.20 Å². The molecule has 1 aromatic carbocycles. The van der Waals surface area contributed by atoms with E-state index in [1.807, 2.05) is 12.3 Å². The fourth-order valence-electron chi connectivity index (χ4n) is 2.24. The zero-order valence-electron chi connectivity index (χ0n) is 11.6. The molecule has 0 aliphatic carbocycles. The Kier molecular flexibility index (Phi) is 4.66.